The van der Waals surface area contributed by atoms with E-state index in [2.05, 4.69) is 22.9 Å². The predicted octanol–water partition coefficient (Wildman–Crippen LogP) is 4.02. The molecule has 5 heteroatoms. The van der Waals surface area contributed by atoms with Crippen LogP contribution in [0.1, 0.15) is 39.5 Å². The molecule has 0 aromatic heterocycles. The third kappa shape index (κ3) is 4.80. The number of benzene rings is 1. The van der Waals surface area contributed by atoms with Crippen molar-refractivity contribution in [1.29, 1.82) is 0 Å². The van der Waals surface area contributed by atoms with Gasteiger partial charge in [0, 0.05) is 4.47 Å². The first-order valence-electron chi connectivity index (χ1n) is 6.68. The third-order valence-electron chi connectivity index (χ3n) is 3.31. The second-order valence-corrected chi connectivity index (χ2v) is 7.80. The van der Waals surface area contributed by atoms with Crippen LogP contribution in [0, 0.1) is 5.92 Å². The Kier molecular flexibility index (Phi) is 6.33. The summed E-state index contributed by atoms with van der Waals surface area (Å²) in [5, 5.41) is 0. The number of unbranched alkanes of at least 4 members (excludes halogenated alkanes) is 1. The average molecular weight is 348 g/mol. The van der Waals surface area contributed by atoms with Crippen molar-refractivity contribution in [2.75, 3.05) is 11.5 Å². The van der Waals surface area contributed by atoms with Crippen LogP contribution in [-0.2, 0) is 9.84 Å². The van der Waals surface area contributed by atoms with Crippen LogP contribution in [0.3, 0.4) is 0 Å². The average Bonchev–Trinajstić information content (AvgIpc) is 2.33. The lowest BCUT2D eigenvalue weighted by atomic mass is 10.0. The fourth-order valence-corrected chi connectivity index (χ4v) is 4.38. The Balaban J connectivity index is 2.90. The highest BCUT2D eigenvalue weighted by molar-refractivity contribution is 9.10. The molecule has 19 heavy (non-hydrogen) atoms. The van der Waals surface area contributed by atoms with Crippen LogP contribution in [0.15, 0.2) is 27.6 Å². The number of hydrogen-bond acceptors (Lipinski definition) is 3. The molecule has 0 amide bonds. The molecule has 108 valence electrons. The van der Waals surface area contributed by atoms with E-state index in [1.54, 1.807) is 18.2 Å². The van der Waals surface area contributed by atoms with Crippen molar-refractivity contribution in [3.05, 3.63) is 22.7 Å². The van der Waals surface area contributed by atoms with Gasteiger partial charge in [0.05, 0.1) is 16.3 Å². The Morgan fingerprint density at radius 1 is 1.32 bits per heavy atom. The minimum absolute atomic E-state index is 0.190. The Hall–Kier alpha value is -0.550. The summed E-state index contributed by atoms with van der Waals surface area (Å²) in [6, 6.07) is 4.94. The van der Waals surface area contributed by atoms with Crippen molar-refractivity contribution in [2.24, 2.45) is 5.92 Å². The van der Waals surface area contributed by atoms with Crippen molar-refractivity contribution in [3.63, 3.8) is 0 Å². The molecule has 1 aromatic carbocycles. The maximum atomic E-state index is 12.4. The number of rotatable bonds is 7. The molecule has 3 nitrogen and oxygen atoms in total. The summed E-state index contributed by atoms with van der Waals surface area (Å²) in [6.07, 6.45) is 4.01. The Bertz CT molecular complexity index is 514. The molecule has 1 atom stereocenters. The number of hydrogen-bond donors (Lipinski definition) is 1. The second-order valence-electron chi connectivity index (χ2n) is 4.88. The van der Waals surface area contributed by atoms with Gasteiger partial charge in [-0.3, -0.25) is 0 Å². The molecule has 0 heterocycles. The van der Waals surface area contributed by atoms with Gasteiger partial charge >= 0.3 is 0 Å². The van der Waals surface area contributed by atoms with Crippen molar-refractivity contribution < 1.29 is 8.42 Å². The topological polar surface area (TPSA) is 60.2 Å². The normalized spacial score (nSPS) is 13.4. The van der Waals surface area contributed by atoms with Gasteiger partial charge in [-0.25, -0.2) is 8.42 Å². The van der Waals surface area contributed by atoms with Gasteiger partial charge in [-0.2, -0.15) is 0 Å². The van der Waals surface area contributed by atoms with Crippen LogP contribution in [0.2, 0.25) is 0 Å². The molecular weight excluding hydrogens is 326 g/mol. The van der Waals surface area contributed by atoms with Gasteiger partial charge in [0.1, 0.15) is 0 Å². The first kappa shape index (κ1) is 16.5. The third-order valence-corrected chi connectivity index (χ3v) is 5.75. The van der Waals surface area contributed by atoms with Crippen molar-refractivity contribution in [3.8, 4) is 0 Å². The lowest BCUT2D eigenvalue weighted by Crippen LogP contribution is -2.17. The van der Waals surface area contributed by atoms with Gasteiger partial charge < -0.3 is 5.73 Å². The summed E-state index contributed by atoms with van der Waals surface area (Å²) in [6.45, 7) is 4.16. The minimum atomic E-state index is -3.30. The van der Waals surface area contributed by atoms with Crippen LogP contribution in [0.4, 0.5) is 5.69 Å². The number of sulfone groups is 1. The molecule has 0 aliphatic carbocycles. The smallest absolute Gasteiger partial charge is 0.180 e. The molecular formula is C14H22BrNO2S. The number of nitrogen functional groups attached to an aromatic ring is 1. The van der Waals surface area contributed by atoms with Gasteiger partial charge in [0.15, 0.2) is 9.84 Å². The Labute approximate surface area is 124 Å². The molecule has 2 N–H and O–H groups in total. The lowest BCUT2D eigenvalue weighted by Gasteiger charge is -2.15. The van der Waals surface area contributed by atoms with Crippen molar-refractivity contribution in [2.45, 2.75) is 44.4 Å². The van der Waals surface area contributed by atoms with Gasteiger partial charge in [-0.15, -0.1) is 0 Å². The van der Waals surface area contributed by atoms with E-state index in [1.165, 1.54) is 0 Å². The summed E-state index contributed by atoms with van der Waals surface area (Å²) in [5.74, 6) is 0.406. The van der Waals surface area contributed by atoms with E-state index in [0.29, 0.717) is 5.69 Å². The molecule has 0 spiro atoms. The Morgan fingerprint density at radius 2 is 2.00 bits per heavy atom. The van der Waals surface area contributed by atoms with E-state index in [4.69, 9.17) is 5.73 Å². The van der Waals surface area contributed by atoms with Gasteiger partial charge in [0.2, 0.25) is 0 Å². The molecule has 0 saturated heterocycles. The zero-order chi connectivity index (χ0) is 14.5. The van der Waals surface area contributed by atoms with Crippen LogP contribution in [0.5, 0.6) is 0 Å². The zero-order valence-corrected chi connectivity index (χ0v) is 13.9. The molecule has 0 saturated carbocycles. The minimum Gasteiger partial charge on any atom is -0.398 e. The molecule has 1 rings (SSSR count). The summed E-state index contributed by atoms with van der Waals surface area (Å²) in [5.41, 5.74) is 6.13. The summed E-state index contributed by atoms with van der Waals surface area (Å²) in [7, 11) is -3.30. The van der Waals surface area contributed by atoms with E-state index in [-0.39, 0.29) is 16.6 Å². The SMILES string of the molecule is CCCCC(CC)CS(=O)(=O)c1ccc(Br)cc1N. The van der Waals surface area contributed by atoms with Crippen LogP contribution in [0.25, 0.3) is 0 Å². The van der Waals surface area contributed by atoms with Crippen molar-refractivity contribution >= 4 is 31.5 Å². The standard InChI is InChI=1S/C14H22BrNO2S/c1-3-5-6-11(4-2)10-19(17,18)14-8-7-12(15)9-13(14)16/h7-9,11H,3-6,10,16H2,1-2H3. The van der Waals surface area contributed by atoms with E-state index in [9.17, 15) is 8.42 Å². The first-order valence-corrected chi connectivity index (χ1v) is 9.13. The summed E-state index contributed by atoms with van der Waals surface area (Å²) >= 11 is 3.29. The molecule has 0 aliphatic rings. The highest BCUT2D eigenvalue weighted by Crippen LogP contribution is 2.26. The fourth-order valence-electron chi connectivity index (χ4n) is 2.10. The summed E-state index contributed by atoms with van der Waals surface area (Å²) < 4.78 is 25.6. The number of halogens is 1. The second kappa shape index (κ2) is 7.29. The quantitative estimate of drug-likeness (QED) is 0.757. The van der Waals surface area contributed by atoms with E-state index in [0.717, 1.165) is 30.2 Å². The Morgan fingerprint density at radius 3 is 2.53 bits per heavy atom. The van der Waals surface area contributed by atoms with Gasteiger partial charge in [0.25, 0.3) is 0 Å². The summed E-state index contributed by atoms with van der Waals surface area (Å²) in [4.78, 5) is 0.255. The van der Waals surface area contributed by atoms with E-state index < -0.39 is 9.84 Å². The molecule has 0 bridgehead atoms. The number of nitrogens with two attached hydrogens (primary N) is 1. The lowest BCUT2D eigenvalue weighted by molar-refractivity contribution is 0.484. The molecule has 0 aliphatic heterocycles. The van der Waals surface area contributed by atoms with Gasteiger partial charge in [-0.1, -0.05) is 49.0 Å². The van der Waals surface area contributed by atoms with E-state index in [1.807, 2.05) is 6.92 Å². The van der Waals surface area contributed by atoms with E-state index >= 15 is 0 Å². The van der Waals surface area contributed by atoms with Gasteiger partial charge in [-0.05, 0) is 30.5 Å². The monoisotopic (exact) mass is 347 g/mol. The van der Waals surface area contributed by atoms with Crippen LogP contribution in [-0.4, -0.2) is 14.2 Å². The zero-order valence-electron chi connectivity index (χ0n) is 11.5. The highest BCUT2D eigenvalue weighted by atomic mass is 79.9. The molecule has 0 radical (unpaired) electrons. The predicted molar refractivity (Wildman–Crippen MR) is 83.9 cm³/mol. The molecule has 0 fully saturated rings. The fraction of sp³-hybridized carbons (Fsp3) is 0.571. The number of anilines is 1. The maximum absolute atomic E-state index is 12.4. The molecule has 1 aromatic rings. The molecule has 1 unspecified atom stereocenters. The van der Waals surface area contributed by atoms with Crippen LogP contribution < -0.4 is 5.73 Å². The first-order chi connectivity index (χ1) is 8.90. The largest absolute Gasteiger partial charge is 0.398 e. The van der Waals surface area contributed by atoms with Crippen molar-refractivity contribution in [1.82, 2.24) is 0 Å². The highest BCUT2D eigenvalue weighted by Gasteiger charge is 2.22. The maximum Gasteiger partial charge on any atom is 0.180 e. The van der Waals surface area contributed by atoms with Crippen LogP contribution >= 0.6 is 15.9 Å².